The standard InChI is InChI=1S/C14H15N3O2/c1-16-5-4-13(15-16)9-17-7-11-3-2-10(14(18)19)6-12(11)8-17/h2-6H,7-9H2,1H3,(H,18,19). The number of carbonyl (C=O) groups is 1. The molecule has 1 aliphatic rings. The number of carboxylic acid groups (broad SMARTS) is 1. The molecule has 0 atom stereocenters. The second kappa shape index (κ2) is 4.51. The first-order valence-electron chi connectivity index (χ1n) is 6.18. The van der Waals surface area contributed by atoms with Crippen LogP contribution in [0.3, 0.4) is 0 Å². The zero-order valence-corrected chi connectivity index (χ0v) is 10.7. The van der Waals surface area contributed by atoms with E-state index < -0.39 is 5.97 Å². The highest BCUT2D eigenvalue weighted by Crippen LogP contribution is 2.25. The van der Waals surface area contributed by atoms with Gasteiger partial charge < -0.3 is 5.11 Å². The SMILES string of the molecule is Cn1ccc(CN2Cc3ccc(C(=O)O)cc3C2)n1. The Morgan fingerprint density at radius 3 is 2.79 bits per heavy atom. The highest BCUT2D eigenvalue weighted by Gasteiger charge is 2.20. The fourth-order valence-corrected chi connectivity index (χ4v) is 2.49. The monoisotopic (exact) mass is 257 g/mol. The molecule has 3 rings (SSSR count). The number of aryl methyl sites for hydroxylation is 1. The van der Waals surface area contributed by atoms with Crippen LogP contribution in [-0.4, -0.2) is 25.8 Å². The quantitative estimate of drug-likeness (QED) is 0.908. The number of carboxylic acids is 1. The maximum atomic E-state index is 10.9. The molecule has 1 aromatic carbocycles. The van der Waals surface area contributed by atoms with Crippen molar-refractivity contribution in [1.29, 1.82) is 0 Å². The van der Waals surface area contributed by atoms with Crippen LogP contribution < -0.4 is 0 Å². The van der Waals surface area contributed by atoms with Crippen LogP contribution in [0, 0.1) is 0 Å². The third kappa shape index (κ3) is 2.37. The van der Waals surface area contributed by atoms with Gasteiger partial charge in [0.1, 0.15) is 0 Å². The van der Waals surface area contributed by atoms with Gasteiger partial charge in [-0.2, -0.15) is 5.10 Å². The van der Waals surface area contributed by atoms with Gasteiger partial charge in [-0.25, -0.2) is 4.79 Å². The molecule has 0 saturated heterocycles. The van der Waals surface area contributed by atoms with Crippen LogP contribution in [0.1, 0.15) is 27.2 Å². The Hall–Kier alpha value is -2.14. The molecule has 1 N–H and O–H groups in total. The number of nitrogens with zero attached hydrogens (tertiary/aromatic N) is 3. The van der Waals surface area contributed by atoms with Gasteiger partial charge in [-0.1, -0.05) is 6.07 Å². The van der Waals surface area contributed by atoms with Crippen LogP contribution in [-0.2, 0) is 26.7 Å². The van der Waals surface area contributed by atoms with E-state index in [1.54, 1.807) is 16.8 Å². The molecule has 1 aromatic heterocycles. The van der Waals surface area contributed by atoms with Crippen LogP contribution in [0.4, 0.5) is 0 Å². The summed E-state index contributed by atoms with van der Waals surface area (Å²) in [5, 5.41) is 13.4. The number of hydrogen-bond donors (Lipinski definition) is 1. The highest BCUT2D eigenvalue weighted by molar-refractivity contribution is 5.87. The van der Waals surface area contributed by atoms with E-state index in [0.717, 1.165) is 30.9 Å². The van der Waals surface area contributed by atoms with Gasteiger partial charge in [-0.05, 0) is 29.3 Å². The first-order chi connectivity index (χ1) is 9.11. The minimum Gasteiger partial charge on any atom is -0.478 e. The average Bonchev–Trinajstić information content (AvgIpc) is 2.94. The minimum atomic E-state index is -0.869. The largest absolute Gasteiger partial charge is 0.478 e. The van der Waals surface area contributed by atoms with E-state index in [0.29, 0.717) is 5.56 Å². The topological polar surface area (TPSA) is 58.4 Å². The van der Waals surface area contributed by atoms with Crippen molar-refractivity contribution in [3.05, 3.63) is 52.8 Å². The van der Waals surface area contributed by atoms with Crippen LogP contribution in [0.5, 0.6) is 0 Å². The number of benzene rings is 1. The summed E-state index contributed by atoms with van der Waals surface area (Å²) in [6.45, 7) is 2.43. The smallest absolute Gasteiger partial charge is 0.335 e. The van der Waals surface area contributed by atoms with Crippen LogP contribution in [0.2, 0.25) is 0 Å². The van der Waals surface area contributed by atoms with Crippen molar-refractivity contribution in [2.75, 3.05) is 0 Å². The summed E-state index contributed by atoms with van der Waals surface area (Å²) in [4.78, 5) is 13.2. The lowest BCUT2D eigenvalue weighted by atomic mass is 10.1. The maximum absolute atomic E-state index is 10.9. The summed E-state index contributed by atoms with van der Waals surface area (Å²) < 4.78 is 1.79. The van der Waals surface area contributed by atoms with Crippen LogP contribution >= 0.6 is 0 Å². The number of rotatable bonds is 3. The maximum Gasteiger partial charge on any atom is 0.335 e. The fraction of sp³-hybridized carbons (Fsp3) is 0.286. The Morgan fingerprint density at radius 1 is 1.32 bits per heavy atom. The summed E-state index contributed by atoms with van der Waals surface area (Å²) in [6, 6.07) is 7.37. The molecule has 0 spiro atoms. The molecule has 0 fully saturated rings. The first-order valence-corrected chi connectivity index (χ1v) is 6.18. The molecule has 0 bridgehead atoms. The van der Waals surface area contributed by atoms with Crippen molar-refractivity contribution in [3.63, 3.8) is 0 Å². The second-order valence-corrected chi connectivity index (χ2v) is 4.91. The van der Waals surface area contributed by atoms with E-state index in [2.05, 4.69) is 10.00 Å². The summed E-state index contributed by atoms with van der Waals surface area (Å²) in [7, 11) is 1.90. The predicted molar refractivity (Wildman–Crippen MR) is 69.6 cm³/mol. The van der Waals surface area contributed by atoms with Gasteiger partial charge in [0.25, 0.3) is 0 Å². The van der Waals surface area contributed by atoms with E-state index in [9.17, 15) is 4.79 Å². The summed E-state index contributed by atoms with van der Waals surface area (Å²) in [6.07, 6.45) is 1.93. The van der Waals surface area contributed by atoms with Gasteiger partial charge in [0.2, 0.25) is 0 Å². The molecular formula is C14H15N3O2. The molecule has 0 unspecified atom stereocenters. The minimum absolute atomic E-state index is 0.360. The van der Waals surface area contributed by atoms with Gasteiger partial charge in [0, 0.05) is 32.9 Å². The van der Waals surface area contributed by atoms with E-state index >= 15 is 0 Å². The van der Waals surface area contributed by atoms with Gasteiger partial charge in [-0.3, -0.25) is 9.58 Å². The van der Waals surface area contributed by atoms with Gasteiger partial charge in [0.05, 0.1) is 11.3 Å². The zero-order chi connectivity index (χ0) is 13.4. The third-order valence-electron chi connectivity index (χ3n) is 3.40. The van der Waals surface area contributed by atoms with Crippen molar-refractivity contribution >= 4 is 5.97 Å². The molecule has 98 valence electrons. The molecule has 19 heavy (non-hydrogen) atoms. The van der Waals surface area contributed by atoms with Crippen LogP contribution in [0.15, 0.2) is 30.5 Å². The fourth-order valence-electron chi connectivity index (χ4n) is 2.49. The molecule has 0 saturated carbocycles. The number of aromatic nitrogens is 2. The van der Waals surface area contributed by atoms with Gasteiger partial charge in [0.15, 0.2) is 0 Å². The molecule has 0 aliphatic carbocycles. The van der Waals surface area contributed by atoms with Crippen molar-refractivity contribution in [2.45, 2.75) is 19.6 Å². The molecule has 2 aromatic rings. The van der Waals surface area contributed by atoms with Crippen molar-refractivity contribution < 1.29 is 9.90 Å². The molecule has 5 nitrogen and oxygen atoms in total. The third-order valence-corrected chi connectivity index (χ3v) is 3.40. The van der Waals surface area contributed by atoms with Gasteiger partial charge in [-0.15, -0.1) is 0 Å². The molecule has 0 radical (unpaired) electrons. The molecule has 5 heteroatoms. The van der Waals surface area contributed by atoms with Crippen molar-refractivity contribution in [1.82, 2.24) is 14.7 Å². The lowest BCUT2D eigenvalue weighted by Gasteiger charge is -2.12. The lowest BCUT2D eigenvalue weighted by Crippen LogP contribution is -2.16. The zero-order valence-electron chi connectivity index (χ0n) is 10.7. The molecule has 1 aliphatic heterocycles. The summed E-state index contributed by atoms with van der Waals surface area (Å²) in [5.74, 6) is -0.869. The Kier molecular flexibility index (Phi) is 2.83. The number of fused-ring (bicyclic) bond motifs is 1. The number of hydrogen-bond acceptors (Lipinski definition) is 3. The van der Waals surface area contributed by atoms with Crippen molar-refractivity contribution in [3.8, 4) is 0 Å². The lowest BCUT2D eigenvalue weighted by molar-refractivity contribution is 0.0696. The van der Waals surface area contributed by atoms with E-state index in [4.69, 9.17) is 5.11 Å². The Labute approximate surface area is 111 Å². The molecule has 0 amide bonds. The summed E-state index contributed by atoms with van der Waals surface area (Å²) >= 11 is 0. The van der Waals surface area contributed by atoms with Crippen LogP contribution in [0.25, 0.3) is 0 Å². The Morgan fingerprint density at radius 2 is 2.11 bits per heavy atom. The Balaban J connectivity index is 1.75. The molecule has 2 heterocycles. The van der Waals surface area contributed by atoms with E-state index in [1.165, 1.54) is 5.56 Å². The first kappa shape index (κ1) is 11.9. The number of aromatic carboxylic acids is 1. The second-order valence-electron chi connectivity index (χ2n) is 4.91. The summed E-state index contributed by atoms with van der Waals surface area (Å²) in [5.41, 5.74) is 3.71. The highest BCUT2D eigenvalue weighted by atomic mass is 16.4. The normalized spacial score (nSPS) is 14.6. The Bertz CT molecular complexity index is 633. The predicted octanol–water partition coefficient (Wildman–Crippen LogP) is 1.63. The van der Waals surface area contributed by atoms with E-state index in [-0.39, 0.29) is 0 Å². The van der Waals surface area contributed by atoms with Gasteiger partial charge >= 0.3 is 5.97 Å². The average molecular weight is 257 g/mol. The van der Waals surface area contributed by atoms with Crippen molar-refractivity contribution in [2.24, 2.45) is 7.05 Å². The molecular weight excluding hydrogens is 242 g/mol. The van der Waals surface area contributed by atoms with E-state index in [1.807, 2.05) is 25.4 Å².